The summed E-state index contributed by atoms with van der Waals surface area (Å²) in [7, 11) is 0. The second-order valence-electron chi connectivity index (χ2n) is 6.65. The lowest BCUT2D eigenvalue weighted by molar-refractivity contribution is -0.0327. The van der Waals surface area contributed by atoms with Gasteiger partial charge in [0.2, 0.25) is 0 Å². The molecule has 0 spiro atoms. The van der Waals surface area contributed by atoms with Crippen LogP contribution in [0, 0.1) is 0 Å². The van der Waals surface area contributed by atoms with Crippen molar-refractivity contribution < 1.29 is 9.47 Å². The summed E-state index contributed by atoms with van der Waals surface area (Å²) in [5.41, 5.74) is 1.25. The van der Waals surface area contributed by atoms with E-state index in [0.29, 0.717) is 12.6 Å². The number of hydrogen-bond donors (Lipinski definition) is 1. The van der Waals surface area contributed by atoms with Crippen molar-refractivity contribution in [1.82, 2.24) is 5.32 Å². The van der Waals surface area contributed by atoms with Crippen molar-refractivity contribution in [2.24, 2.45) is 0 Å². The van der Waals surface area contributed by atoms with Gasteiger partial charge in [0, 0.05) is 12.6 Å². The zero-order valence-electron chi connectivity index (χ0n) is 13.4. The van der Waals surface area contributed by atoms with Crippen molar-refractivity contribution >= 4 is 15.9 Å². The second-order valence-corrected chi connectivity index (χ2v) is 7.50. The van der Waals surface area contributed by atoms with E-state index in [-0.39, 0.29) is 11.7 Å². The van der Waals surface area contributed by atoms with Crippen LogP contribution >= 0.6 is 15.9 Å². The largest absolute Gasteiger partial charge is 0.490 e. The SMILES string of the molecule is CC(C)NCc1ccc(OCC2CCC(C)(C)O2)c(Br)c1. The van der Waals surface area contributed by atoms with E-state index in [1.165, 1.54) is 5.56 Å². The third-order valence-corrected chi connectivity index (χ3v) is 4.31. The van der Waals surface area contributed by atoms with Crippen LogP contribution in [0.1, 0.15) is 46.1 Å². The van der Waals surface area contributed by atoms with Crippen LogP contribution in [0.2, 0.25) is 0 Å². The Hall–Kier alpha value is -0.580. The van der Waals surface area contributed by atoms with E-state index >= 15 is 0 Å². The molecule has 1 heterocycles. The number of benzene rings is 1. The van der Waals surface area contributed by atoms with Gasteiger partial charge in [0.25, 0.3) is 0 Å². The van der Waals surface area contributed by atoms with Gasteiger partial charge in [-0.2, -0.15) is 0 Å². The standard InChI is InChI=1S/C17H26BrNO2/c1-12(2)19-10-13-5-6-16(15(18)9-13)20-11-14-7-8-17(3,4)21-14/h5-6,9,12,14,19H,7-8,10-11H2,1-4H3. The summed E-state index contributed by atoms with van der Waals surface area (Å²) in [4.78, 5) is 0. The first-order valence-corrected chi connectivity index (χ1v) is 8.47. The van der Waals surface area contributed by atoms with Crippen molar-refractivity contribution in [2.45, 2.75) is 64.8 Å². The molecular formula is C17H26BrNO2. The summed E-state index contributed by atoms with van der Waals surface area (Å²) < 4.78 is 12.9. The molecule has 0 saturated carbocycles. The van der Waals surface area contributed by atoms with Crippen molar-refractivity contribution in [3.8, 4) is 5.75 Å². The van der Waals surface area contributed by atoms with Gasteiger partial charge in [-0.25, -0.2) is 0 Å². The molecule has 1 fully saturated rings. The van der Waals surface area contributed by atoms with Crippen LogP contribution in [-0.4, -0.2) is 24.4 Å². The van der Waals surface area contributed by atoms with Crippen LogP contribution in [0.25, 0.3) is 0 Å². The first-order valence-electron chi connectivity index (χ1n) is 7.68. The molecule has 118 valence electrons. The fraction of sp³-hybridized carbons (Fsp3) is 0.647. The van der Waals surface area contributed by atoms with Gasteiger partial charge in [-0.05, 0) is 60.3 Å². The van der Waals surface area contributed by atoms with Crippen LogP contribution in [0.3, 0.4) is 0 Å². The Bertz CT molecular complexity index is 474. The lowest BCUT2D eigenvalue weighted by atomic mass is 10.1. The molecule has 2 rings (SSSR count). The quantitative estimate of drug-likeness (QED) is 0.825. The van der Waals surface area contributed by atoms with Crippen molar-refractivity contribution in [1.29, 1.82) is 0 Å². The van der Waals surface area contributed by atoms with E-state index in [0.717, 1.165) is 29.6 Å². The Morgan fingerprint density at radius 1 is 1.43 bits per heavy atom. The topological polar surface area (TPSA) is 30.5 Å². The zero-order chi connectivity index (χ0) is 15.5. The number of nitrogens with one attached hydrogen (secondary N) is 1. The molecule has 0 amide bonds. The molecule has 3 nitrogen and oxygen atoms in total. The maximum atomic E-state index is 5.95. The molecule has 21 heavy (non-hydrogen) atoms. The molecule has 1 aromatic rings. The molecule has 1 N–H and O–H groups in total. The number of rotatable bonds is 6. The van der Waals surface area contributed by atoms with E-state index in [4.69, 9.17) is 9.47 Å². The van der Waals surface area contributed by atoms with Gasteiger partial charge in [-0.3, -0.25) is 0 Å². The fourth-order valence-electron chi connectivity index (χ4n) is 2.47. The van der Waals surface area contributed by atoms with Gasteiger partial charge in [0.05, 0.1) is 16.2 Å². The predicted molar refractivity (Wildman–Crippen MR) is 89.8 cm³/mol. The Morgan fingerprint density at radius 3 is 2.76 bits per heavy atom. The first kappa shape index (κ1) is 16.8. The minimum Gasteiger partial charge on any atom is -0.490 e. The highest BCUT2D eigenvalue weighted by atomic mass is 79.9. The molecule has 0 aliphatic carbocycles. The molecule has 1 saturated heterocycles. The first-order chi connectivity index (χ1) is 9.85. The Kier molecular flexibility index (Phi) is 5.69. The normalized spacial score (nSPS) is 21.0. The smallest absolute Gasteiger partial charge is 0.133 e. The predicted octanol–water partition coefficient (Wildman–Crippen LogP) is 4.28. The summed E-state index contributed by atoms with van der Waals surface area (Å²) in [6.45, 7) is 10.1. The van der Waals surface area contributed by atoms with E-state index in [1.54, 1.807) is 0 Å². The van der Waals surface area contributed by atoms with E-state index < -0.39 is 0 Å². The third-order valence-electron chi connectivity index (χ3n) is 3.69. The Balaban J connectivity index is 1.86. The molecule has 0 bridgehead atoms. The molecule has 0 radical (unpaired) electrons. The highest BCUT2D eigenvalue weighted by Crippen LogP contribution is 2.31. The zero-order valence-corrected chi connectivity index (χ0v) is 15.0. The van der Waals surface area contributed by atoms with Crippen molar-refractivity contribution in [3.63, 3.8) is 0 Å². The van der Waals surface area contributed by atoms with Gasteiger partial charge >= 0.3 is 0 Å². The fourth-order valence-corrected chi connectivity index (χ4v) is 3.01. The molecular weight excluding hydrogens is 330 g/mol. The van der Waals surface area contributed by atoms with Crippen molar-refractivity contribution in [2.75, 3.05) is 6.61 Å². The minimum atomic E-state index is -0.00235. The lowest BCUT2D eigenvalue weighted by Gasteiger charge is -2.19. The van der Waals surface area contributed by atoms with Gasteiger partial charge in [-0.1, -0.05) is 19.9 Å². The average molecular weight is 356 g/mol. The van der Waals surface area contributed by atoms with Crippen LogP contribution in [0.15, 0.2) is 22.7 Å². The second kappa shape index (κ2) is 7.12. The number of ether oxygens (including phenoxy) is 2. The molecule has 1 unspecified atom stereocenters. The summed E-state index contributed by atoms with van der Waals surface area (Å²) >= 11 is 3.59. The van der Waals surface area contributed by atoms with Crippen LogP contribution in [-0.2, 0) is 11.3 Å². The highest BCUT2D eigenvalue weighted by Gasteiger charge is 2.31. The summed E-state index contributed by atoms with van der Waals surface area (Å²) in [5, 5.41) is 3.41. The third kappa shape index (κ3) is 5.28. The molecule has 1 atom stereocenters. The molecule has 1 aliphatic heterocycles. The molecule has 1 aliphatic rings. The number of halogens is 1. The Labute approximate surface area is 136 Å². The summed E-state index contributed by atoms with van der Waals surface area (Å²) in [6.07, 6.45) is 2.37. The van der Waals surface area contributed by atoms with Crippen LogP contribution in [0.5, 0.6) is 5.75 Å². The highest BCUT2D eigenvalue weighted by molar-refractivity contribution is 9.10. The van der Waals surface area contributed by atoms with Gasteiger partial charge < -0.3 is 14.8 Å². The lowest BCUT2D eigenvalue weighted by Crippen LogP contribution is -2.24. The Morgan fingerprint density at radius 2 is 2.19 bits per heavy atom. The monoisotopic (exact) mass is 355 g/mol. The van der Waals surface area contributed by atoms with Crippen LogP contribution in [0.4, 0.5) is 0 Å². The van der Waals surface area contributed by atoms with Crippen LogP contribution < -0.4 is 10.1 Å². The maximum Gasteiger partial charge on any atom is 0.133 e. The van der Waals surface area contributed by atoms with Crippen molar-refractivity contribution in [3.05, 3.63) is 28.2 Å². The minimum absolute atomic E-state index is 0.00235. The molecule has 1 aromatic carbocycles. The van der Waals surface area contributed by atoms with E-state index in [1.807, 2.05) is 6.07 Å². The maximum absolute atomic E-state index is 5.95. The average Bonchev–Trinajstić information content (AvgIpc) is 2.75. The summed E-state index contributed by atoms with van der Waals surface area (Å²) in [5.74, 6) is 0.886. The summed E-state index contributed by atoms with van der Waals surface area (Å²) in [6, 6.07) is 6.74. The van der Waals surface area contributed by atoms with Gasteiger partial charge in [-0.15, -0.1) is 0 Å². The molecule has 0 aromatic heterocycles. The van der Waals surface area contributed by atoms with E-state index in [2.05, 4.69) is 61.1 Å². The van der Waals surface area contributed by atoms with Gasteiger partial charge in [0.1, 0.15) is 12.4 Å². The number of hydrogen-bond acceptors (Lipinski definition) is 3. The molecule has 4 heteroatoms. The van der Waals surface area contributed by atoms with Gasteiger partial charge in [0.15, 0.2) is 0 Å². The van der Waals surface area contributed by atoms with E-state index in [9.17, 15) is 0 Å².